The van der Waals surface area contributed by atoms with Crippen molar-refractivity contribution in [1.29, 1.82) is 5.26 Å². The molecule has 0 aliphatic carbocycles. The molecule has 1 aromatic rings. The molecule has 0 unspecified atom stereocenters. The van der Waals surface area contributed by atoms with Crippen molar-refractivity contribution in [2.45, 2.75) is 19.9 Å². The second kappa shape index (κ2) is 3.95. The number of halogens is 1. The number of hydrogen-bond acceptors (Lipinski definition) is 4. The fraction of sp³-hybridized carbons (Fsp3) is 0.500. The summed E-state index contributed by atoms with van der Waals surface area (Å²) in [7, 11) is 1.93. The maximum Gasteiger partial charge on any atom is 0.188 e. The third kappa shape index (κ3) is 2.11. The van der Waals surface area contributed by atoms with Gasteiger partial charge in [-0.3, -0.25) is 0 Å². The minimum absolute atomic E-state index is 0.301. The average molecular weight is 216 g/mol. The van der Waals surface area contributed by atoms with Crippen molar-refractivity contribution >= 4 is 28.1 Å². The maximum atomic E-state index is 8.67. The molecule has 5 heteroatoms. The summed E-state index contributed by atoms with van der Waals surface area (Å²) in [4.78, 5) is 6.55. The van der Waals surface area contributed by atoms with E-state index in [0.29, 0.717) is 16.1 Å². The Labute approximate surface area is 86.6 Å². The molecule has 0 amide bonds. The van der Waals surface area contributed by atoms with Gasteiger partial charge in [-0.05, 0) is 13.8 Å². The van der Waals surface area contributed by atoms with Crippen molar-refractivity contribution in [1.82, 2.24) is 4.98 Å². The average Bonchev–Trinajstić information content (AvgIpc) is 2.45. The van der Waals surface area contributed by atoms with Gasteiger partial charge in [0, 0.05) is 13.1 Å². The zero-order chi connectivity index (χ0) is 10.0. The fourth-order valence-corrected chi connectivity index (χ4v) is 1.87. The molecule has 0 aliphatic heterocycles. The van der Waals surface area contributed by atoms with Crippen LogP contribution >= 0.6 is 22.9 Å². The standard InChI is InChI=1S/C8H10ClN3S/c1-5(2)12(3)8-11-7(9)6(4-10)13-8/h5H,1-3H3. The van der Waals surface area contributed by atoms with E-state index in [-0.39, 0.29) is 0 Å². The summed E-state index contributed by atoms with van der Waals surface area (Å²) >= 11 is 7.06. The van der Waals surface area contributed by atoms with Crippen LogP contribution in [0, 0.1) is 11.3 Å². The van der Waals surface area contributed by atoms with Gasteiger partial charge in [0.2, 0.25) is 0 Å². The molecule has 13 heavy (non-hydrogen) atoms. The molecule has 0 spiro atoms. The second-order valence-electron chi connectivity index (χ2n) is 2.93. The van der Waals surface area contributed by atoms with Crippen LogP contribution < -0.4 is 4.90 Å². The van der Waals surface area contributed by atoms with Crippen LogP contribution in [-0.2, 0) is 0 Å². The molecular weight excluding hydrogens is 206 g/mol. The third-order valence-corrected chi connectivity index (χ3v) is 3.19. The number of rotatable bonds is 2. The lowest BCUT2D eigenvalue weighted by atomic mass is 10.4. The third-order valence-electron chi connectivity index (χ3n) is 1.75. The van der Waals surface area contributed by atoms with Crippen molar-refractivity contribution < 1.29 is 0 Å². The van der Waals surface area contributed by atoms with E-state index in [2.05, 4.69) is 18.8 Å². The van der Waals surface area contributed by atoms with Crippen LogP contribution in [0.5, 0.6) is 0 Å². The van der Waals surface area contributed by atoms with Crippen LogP contribution in [0.2, 0.25) is 5.15 Å². The van der Waals surface area contributed by atoms with Crippen molar-refractivity contribution in [3.05, 3.63) is 10.0 Å². The number of anilines is 1. The first-order chi connectivity index (χ1) is 6.06. The molecule has 3 nitrogen and oxygen atoms in total. The lowest BCUT2D eigenvalue weighted by molar-refractivity contribution is 0.751. The minimum Gasteiger partial charge on any atom is -0.349 e. The molecule has 70 valence electrons. The number of nitriles is 1. The van der Waals surface area contributed by atoms with E-state index in [1.807, 2.05) is 18.0 Å². The summed E-state index contributed by atoms with van der Waals surface area (Å²) in [5.74, 6) is 0. The van der Waals surface area contributed by atoms with Gasteiger partial charge in [0.25, 0.3) is 0 Å². The van der Waals surface area contributed by atoms with Crippen molar-refractivity contribution in [3.8, 4) is 6.07 Å². The van der Waals surface area contributed by atoms with Gasteiger partial charge in [0.15, 0.2) is 10.3 Å². The van der Waals surface area contributed by atoms with Gasteiger partial charge in [-0.15, -0.1) is 0 Å². The number of aromatic nitrogens is 1. The molecule has 0 saturated carbocycles. The summed E-state index contributed by atoms with van der Waals surface area (Å²) in [6, 6.07) is 2.36. The molecule has 1 heterocycles. The van der Waals surface area contributed by atoms with Crippen LogP contribution in [0.25, 0.3) is 0 Å². The molecule has 0 bridgehead atoms. The van der Waals surface area contributed by atoms with Crippen LogP contribution in [-0.4, -0.2) is 18.1 Å². The number of thiazole rings is 1. The van der Waals surface area contributed by atoms with Crippen molar-refractivity contribution in [2.24, 2.45) is 0 Å². The van der Waals surface area contributed by atoms with Gasteiger partial charge in [0.05, 0.1) is 0 Å². The van der Waals surface area contributed by atoms with Crippen molar-refractivity contribution in [2.75, 3.05) is 11.9 Å². The Morgan fingerprint density at radius 3 is 2.62 bits per heavy atom. The van der Waals surface area contributed by atoms with E-state index in [9.17, 15) is 0 Å². The van der Waals surface area contributed by atoms with Crippen LogP contribution in [0.15, 0.2) is 0 Å². The van der Waals surface area contributed by atoms with Gasteiger partial charge in [-0.1, -0.05) is 22.9 Å². The Morgan fingerprint density at radius 1 is 1.62 bits per heavy atom. The largest absolute Gasteiger partial charge is 0.349 e. The van der Waals surface area contributed by atoms with Crippen LogP contribution in [0.1, 0.15) is 18.7 Å². The normalized spacial score (nSPS) is 10.2. The summed E-state index contributed by atoms with van der Waals surface area (Å²) in [6.45, 7) is 4.11. The molecule has 0 N–H and O–H groups in total. The number of nitrogens with zero attached hydrogens (tertiary/aromatic N) is 3. The highest BCUT2D eigenvalue weighted by molar-refractivity contribution is 7.16. The Hall–Kier alpha value is -0.790. The molecule has 0 radical (unpaired) electrons. The molecule has 0 saturated heterocycles. The Morgan fingerprint density at radius 2 is 2.23 bits per heavy atom. The van der Waals surface area contributed by atoms with E-state index in [4.69, 9.17) is 16.9 Å². The quantitative estimate of drug-likeness (QED) is 0.761. The van der Waals surface area contributed by atoms with E-state index >= 15 is 0 Å². The molecule has 0 aromatic carbocycles. The molecule has 1 rings (SSSR count). The molecule has 0 aliphatic rings. The SMILES string of the molecule is CC(C)N(C)c1nc(Cl)c(C#N)s1. The first-order valence-electron chi connectivity index (χ1n) is 3.85. The maximum absolute atomic E-state index is 8.67. The lowest BCUT2D eigenvalue weighted by Crippen LogP contribution is -2.25. The van der Waals surface area contributed by atoms with E-state index < -0.39 is 0 Å². The van der Waals surface area contributed by atoms with E-state index in [0.717, 1.165) is 5.13 Å². The van der Waals surface area contributed by atoms with Gasteiger partial charge in [-0.25, -0.2) is 4.98 Å². The number of hydrogen-bond donors (Lipinski definition) is 0. The Bertz CT molecular complexity index is 340. The summed E-state index contributed by atoms with van der Waals surface area (Å²) < 4.78 is 0. The smallest absolute Gasteiger partial charge is 0.188 e. The van der Waals surface area contributed by atoms with Crippen LogP contribution in [0.3, 0.4) is 0 Å². The first kappa shape index (κ1) is 10.3. The lowest BCUT2D eigenvalue weighted by Gasteiger charge is -2.19. The topological polar surface area (TPSA) is 39.9 Å². The zero-order valence-electron chi connectivity index (χ0n) is 7.71. The highest BCUT2D eigenvalue weighted by atomic mass is 35.5. The summed E-state index contributed by atoms with van der Waals surface area (Å²) in [5.41, 5.74) is 0. The zero-order valence-corrected chi connectivity index (χ0v) is 9.28. The molecule has 0 atom stereocenters. The van der Waals surface area contributed by atoms with Gasteiger partial charge >= 0.3 is 0 Å². The second-order valence-corrected chi connectivity index (χ2v) is 4.27. The van der Waals surface area contributed by atoms with Gasteiger partial charge < -0.3 is 4.90 Å². The van der Waals surface area contributed by atoms with E-state index in [1.165, 1.54) is 11.3 Å². The summed E-state index contributed by atoms with van der Waals surface area (Å²) in [6.07, 6.45) is 0. The first-order valence-corrected chi connectivity index (χ1v) is 5.05. The Balaban J connectivity index is 2.98. The highest BCUT2D eigenvalue weighted by Gasteiger charge is 2.13. The van der Waals surface area contributed by atoms with Gasteiger partial charge in [-0.2, -0.15) is 5.26 Å². The predicted molar refractivity (Wildman–Crippen MR) is 55.4 cm³/mol. The summed E-state index contributed by atoms with van der Waals surface area (Å²) in [5, 5.41) is 9.76. The Kier molecular flexibility index (Phi) is 3.12. The molecular formula is C8H10ClN3S. The molecule has 1 aromatic heterocycles. The van der Waals surface area contributed by atoms with E-state index in [1.54, 1.807) is 0 Å². The molecule has 0 fully saturated rings. The fourth-order valence-electron chi connectivity index (χ4n) is 0.732. The van der Waals surface area contributed by atoms with Crippen LogP contribution in [0.4, 0.5) is 5.13 Å². The van der Waals surface area contributed by atoms with Crippen molar-refractivity contribution in [3.63, 3.8) is 0 Å². The predicted octanol–water partition coefficient (Wildman–Crippen LogP) is 2.51. The van der Waals surface area contributed by atoms with Gasteiger partial charge in [0.1, 0.15) is 10.9 Å². The highest BCUT2D eigenvalue weighted by Crippen LogP contribution is 2.28. The monoisotopic (exact) mass is 215 g/mol. The minimum atomic E-state index is 0.301.